The molecule has 23 heavy (non-hydrogen) atoms. The van der Waals surface area contributed by atoms with Crippen molar-refractivity contribution in [1.29, 1.82) is 0 Å². The molecule has 0 saturated heterocycles. The van der Waals surface area contributed by atoms with Crippen molar-refractivity contribution in [1.82, 2.24) is 0 Å². The predicted molar refractivity (Wildman–Crippen MR) is 93.6 cm³/mol. The normalized spacial score (nSPS) is 12.4. The molecule has 3 heteroatoms. The fourth-order valence-corrected chi connectivity index (χ4v) is 4.25. The van der Waals surface area contributed by atoms with Crippen LogP contribution in [-0.4, -0.2) is 17.8 Å². The Morgan fingerprint density at radius 3 is 2.04 bits per heavy atom. The second-order valence-electron chi connectivity index (χ2n) is 6.27. The summed E-state index contributed by atoms with van der Waals surface area (Å²) in [5.74, 6) is 0. The molecular formula is C20H34IO2+. The third kappa shape index (κ3) is 12.9. The summed E-state index contributed by atoms with van der Waals surface area (Å²) in [6.45, 7) is 2.77. The number of benzene rings is 1. The van der Waals surface area contributed by atoms with E-state index in [2.05, 4.69) is 19.1 Å². The van der Waals surface area contributed by atoms with Crippen LogP contribution >= 0.6 is 0 Å². The molecule has 132 valence electrons. The van der Waals surface area contributed by atoms with Gasteiger partial charge in [0.1, 0.15) is 6.61 Å². The van der Waals surface area contributed by atoms with Gasteiger partial charge in [-0.25, -0.2) is 0 Å². The molecule has 0 spiro atoms. The van der Waals surface area contributed by atoms with Crippen LogP contribution in [0.1, 0.15) is 77.6 Å². The second-order valence-corrected chi connectivity index (χ2v) is 8.58. The Labute approximate surface area is 153 Å². The highest BCUT2D eigenvalue weighted by atomic mass is 127. The van der Waals surface area contributed by atoms with E-state index in [1.807, 2.05) is 18.2 Å². The van der Waals surface area contributed by atoms with Crippen LogP contribution in [0.25, 0.3) is 0 Å². The van der Waals surface area contributed by atoms with Crippen LogP contribution in [0.5, 0.6) is 0 Å². The van der Waals surface area contributed by atoms with Gasteiger partial charge in [-0.1, -0.05) is 89.3 Å². The molecule has 1 aromatic carbocycles. The van der Waals surface area contributed by atoms with Gasteiger partial charge in [-0.05, 0) is 18.6 Å². The maximum atomic E-state index is 9.94. The van der Waals surface area contributed by atoms with E-state index >= 15 is 0 Å². The zero-order valence-corrected chi connectivity index (χ0v) is 16.8. The van der Waals surface area contributed by atoms with Crippen molar-refractivity contribution >= 4 is 0 Å². The molecule has 0 aliphatic carbocycles. The standard InChI is InChI=1S/C20H34IO2/c1-2-3-4-5-6-7-8-9-10-14-17-20(22)18-23-21-19-15-12-11-13-16-19/h11-13,15-16,20,22H,2-10,14,17-18H2,1H3/q+1. The van der Waals surface area contributed by atoms with Gasteiger partial charge in [0, 0.05) is 0 Å². The van der Waals surface area contributed by atoms with Gasteiger partial charge in [0.25, 0.3) is 0 Å². The first-order valence-corrected chi connectivity index (χ1v) is 11.3. The highest BCUT2D eigenvalue weighted by Gasteiger charge is 2.16. The highest BCUT2D eigenvalue weighted by Crippen LogP contribution is 2.11. The van der Waals surface area contributed by atoms with E-state index < -0.39 is 21.6 Å². The minimum atomic E-state index is -0.402. The molecule has 0 amide bonds. The quantitative estimate of drug-likeness (QED) is 0.340. The van der Waals surface area contributed by atoms with E-state index in [1.165, 1.54) is 61.4 Å². The van der Waals surface area contributed by atoms with Crippen molar-refractivity contribution in [2.75, 3.05) is 6.61 Å². The van der Waals surface area contributed by atoms with E-state index in [-0.39, 0.29) is 6.10 Å². The van der Waals surface area contributed by atoms with Gasteiger partial charge in [0.15, 0.2) is 0 Å². The maximum Gasteiger partial charge on any atom is 0.522 e. The molecule has 0 saturated carbocycles. The molecule has 0 bridgehead atoms. The monoisotopic (exact) mass is 433 g/mol. The smallest absolute Gasteiger partial charge is 0.391 e. The van der Waals surface area contributed by atoms with Crippen LogP contribution in [-0.2, 0) is 3.07 Å². The third-order valence-electron chi connectivity index (χ3n) is 4.02. The van der Waals surface area contributed by atoms with Crippen LogP contribution in [0.4, 0.5) is 0 Å². The van der Waals surface area contributed by atoms with Crippen LogP contribution in [0.15, 0.2) is 30.3 Å². The van der Waals surface area contributed by atoms with Crippen molar-refractivity contribution in [3.05, 3.63) is 33.9 Å². The molecule has 0 aromatic heterocycles. The van der Waals surface area contributed by atoms with Crippen molar-refractivity contribution < 1.29 is 29.8 Å². The lowest BCUT2D eigenvalue weighted by Gasteiger charge is -2.06. The van der Waals surface area contributed by atoms with Crippen molar-refractivity contribution in [3.63, 3.8) is 0 Å². The van der Waals surface area contributed by atoms with Gasteiger partial charge in [-0.15, -0.1) is 3.07 Å². The molecule has 2 nitrogen and oxygen atoms in total. The van der Waals surface area contributed by atoms with Gasteiger partial charge in [-0.3, -0.25) is 0 Å². The van der Waals surface area contributed by atoms with Gasteiger partial charge in [-0.2, -0.15) is 0 Å². The number of hydrogen-bond donors (Lipinski definition) is 1. The molecule has 1 N–H and O–H groups in total. The fraction of sp³-hybridized carbons (Fsp3) is 0.700. The van der Waals surface area contributed by atoms with E-state index in [0.29, 0.717) is 6.61 Å². The molecule has 0 heterocycles. The maximum absolute atomic E-state index is 9.94. The Morgan fingerprint density at radius 1 is 0.870 bits per heavy atom. The molecule has 0 aliphatic heterocycles. The first kappa shape index (κ1) is 20.9. The molecule has 1 aromatic rings. The Bertz CT molecular complexity index is 356. The number of hydrogen-bond acceptors (Lipinski definition) is 2. The minimum Gasteiger partial charge on any atom is -0.391 e. The second kappa shape index (κ2) is 15.4. The average molecular weight is 433 g/mol. The molecule has 1 unspecified atom stereocenters. The van der Waals surface area contributed by atoms with Gasteiger partial charge >= 0.3 is 21.6 Å². The zero-order valence-electron chi connectivity index (χ0n) is 14.7. The molecule has 1 rings (SSSR count). The summed E-state index contributed by atoms with van der Waals surface area (Å²) in [5, 5.41) is 9.94. The van der Waals surface area contributed by atoms with Crippen LogP contribution < -0.4 is 21.6 Å². The largest absolute Gasteiger partial charge is 0.522 e. The summed E-state index contributed by atoms with van der Waals surface area (Å²) in [5.41, 5.74) is 0. The first-order chi connectivity index (χ1) is 11.3. The Hall–Kier alpha value is -0.130. The van der Waals surface area contributed by atoms with Gasteiger partial charge < -0.3 is 5.11 Å². The number of rotatable bonds is 15. The Kier molecular flexibility index (Phi) is 14.0. The lowest BCUT2D eigenvalue weighted by atomic mass is 10.0. The topological polar surface area (TPSA) is 29.5 Å². The zero-order chi connectivity index (χ0) is 16.6. The summed E-state index contributed by atoms with van der Waals surface area (Å²) in [4.78, 5) is 0. The van der Waals surface area contributed by atoms with Crippen LogP contribution in [0, 0.1) is 3.57 Å². The van der Waals surface area contributed by atoms with Crippen LogP contribution in [0.2, 0.25) is 0 Å². The number of halogens is 1. The summed E-state index contributed by atoms with van der Waals surface area (Å²) in [7, 11) is 0. The lowest BCUT2D eigenvalue weighted by Crippen LogP contribution is -3.61. The first-order valence-electron chi connectivity index (χ1n) is 9.32. The molecule has 0 aliphatic rings. The molecule has 0 radical (unpaired) electrons. The highest BCUT2D eigenvalue weighted by molar-refractivity contribution is 4.98. The van der Waals surface area contributed by atoms with E-state index in [9.17, 15) is 5.11 Å². The van der Waals surface area contributed by atoms with Gasteiger partial charge in [0.2, 0.25) is 3.57 Å². The Morgan fingerprint density at radius 2 is 1.43 bits per heavy atom. The van der Waals surface area contributed by atoms with E-state index in [1.54, 1.807) is 0 Å². The van der Waals surface area contributed by atoms with Crippen molar-refractivity contribution in [2.24, 2.45) is 0 Å². The fourth-order valence-electron chi connectivity index (χ4n) is 2.58. The van der Waals surface area contributed by atoms with E-state index in [0.717, 1.165) is 12.8 Å². The van der Waals surface area contributed by atoms with Crippen molar-refractivity contribution in [2.45, 2.75) is 83.7 Å². The van der Waals surface area contributed by atoms with Crippen LogP contribution in [0.3, 0.4) is 0 Å². The molecule has 1 atom stereocenters. The average Bonchev–Trinajstić information content (AvgIpc) is 2.57. The predicted octanol–water partition coefficient (Wildman–Crippen LogP) is 2.55. The van der Waals surface area contributed by atoms with Crippen molar-refractivity contribution in [3.8, 4) is 0 Å². The number of aliphatic hydroxyl groups is 1. The third-order valence-corrected chi connectivity index (χ3v) is 5.92. The number of unbranched alkanes of at least 4 members (excludes halogenated alkanes) is 9. The molecule has 0 fully saturated rings. The number of aliphatic hydroxyl groups excluding tert-OH is 1. The summed E-state index contributed by atoms with van der Waals surface area (Å²) in [6, 6.07) is 10.3. The van der Waals surface area contributed by atoms with Gasteiger partial charge in [0.05, 0.1) is 6.10 Å². The Balaban J connectivity index is 1.84. The van der Waals surface area contributed by atoms with E-state index in [4.69, 9.17) is 3.07 Å². The summed E-state index contributed by atoms with van der Waals surface area (Å²) in [6.07, 6.45) is 14.0. The minimum absolute atomic E-state index is 0.285. The SMILES string of the molecule is CCCCCCCCCCCCC(O)CO[I+]c1ccccc1. The lowest BCUT2D eigenvalue weighted by molar-refractivity contribution is -0.877. The summed E-state index contributed by atoms with van der Waals surface area (Å²) < 4.78 is 6.96. The summed E-state index contributed by atoms with van der Waals surface area (Å²) >= 11 is -0.402. The molecular weight excluding hydrogens is 399 g/mol.